The molecule has 0 saturated carbocycles. The van der Waals surface area contributed by atoms with Crippen molar-refractivity contribution in [3.8, 4) is 0 Å². The SMILES string of the molecule is CC1=NN(c2ccccc2)C(=O)C1=Cc1ccc2c(c1)C(=O)c1ccccc1C2=O. The number of hydrazone groups is 1. The molecule has 30 heavy (non-hydrogen) atoms. The second-order valence-corrected chi connectivity index (χ2v) is 7.20. The molecule has 0 bridgehead atoms. The quantitative estimate of drug-likeness (QED) is 0.479. The summed E-state index contributed by atoms with van der Waals surface area (Å²) in [6.07, 6.45) is 1.71. The van der Waals surface area contributed by atoms with Crippen molar-refractivity contribution in [1.29, 1.82) is 0 Å². The fourth-order valence-electron chi connectivity index (χ4n) is 3.80. The number of carbonyl (C=O) groups excluding carboxylic acids is 3. The Bertz CT molecular complexity index is 1300. The first-order chi connectivity index (χ1) is 14.5. The third-order valence-corrected chi connectivity index (χ3v) is 5.32. The highest BCUT2D eigenvalue weighted by molar-refractivity contribution is 6.32. The number of carbonyl (C=O) groups is 3. The van der Waals surface area contributed by atoms with Gasteiger partial charge in [0.05, 0.1) is 17.0 Å². The molecule has 0 N–H and O–H groups in total. The van der Waals surface area contributed by atoms with Crippen LogP contribution < -0.4 is 5.01 Å². The number of hydrogen-bond donors (Lipinski definition) is 0. The normalized spacial score (nSPS) is 16.6. The van der Waals surface area contributed by atoms with E-state index in [0.29, 0.717) is 44.8 Å². The number of fused-ring (bicyclic) bond motifs is 2. The molecule has 0 saturated heterocycles. The van der Waals surface area contributed by atoms with E-state index in [0.717, 1.165) is 0 Å². The second kappa shape index (κ2) is 6.74. The Balaban J connectivity index is 1.53. The number of hydrogen-bond acceptors (Lipinski definition) is 4. The summed E-state index contributed by atoms with van der Waals surface area (Å²) in [5.41, 5.74) is 3.97. The van der Waals surface area contributed by atoms with Crippen LogP contribution in [0.5, 0.6) is 0 Å². The minimum absolute atomic E-state index is 0.163. The highest BCUT2D eigenvalue weighted by atomic mass is 16.2. The fourth-order valence-corrected chi connectivity index (χ4v) is 3.80. The molecule has 144 valence electrons. The number of amides is 1. The molecule has 0 fully saturated rings. The van der Waals surface area contributed by atoms with Crippen molar-refractivity contribution in [3.05, 3.63) is 106 Å². The molecule has 3 aromatic carbocycles. The van der Waals surface area contributed by atoms with Gasteiger partial charge in [-0.15, -0.1) is 0 Å². The second-order valence-electron chi connectivity index (χ2n) is 7.20. The summed E-state index contributed by atoms with van der Waals surface area (Å²) in [4.78, 5) is 38.6. The van der Waals surface area contributed by atoms with E-state index < -0.39 is 0 Å². The molecule has 0 radical (unpaired) electrons. The number of benzene rings is 3. The topological polar surface area (TPSA) is 66.8 Å². The Hall–Kier alpha value is -4.12. The minimum atomic E-state index is -0.232. The molecule has 0 spiro atoms. The first kappa shape index (κ1) is 17.9. The van der Waals surface area contributed by atoms with E-state index in [1.165, 1.54) is 5.01 Å². The van der Waals surface area contributed by atoms with Crippen molar-refractivity contribution < 1.29 is 14.4 Å². The molecule has 0 aromatic heterocycles. The van der Waals surface area contributed by atoms with Crippen molar-refractivity contribution in [1.82, 2.24) is 0 Å². The molecular weight excluding hydrogens is 376 g/mol. The highest BCUT2D eigenvalue weighted by Crippen LogP contribution is 2.29. The Morgan fingerprint density at radius 2 is 1.33 bits per heavy atom. The Morgan fingerprint density at radius 1 is 0.733 bits per heavy atom. The van der Waals surface area contributed by atoms with E-state index in [1.54, 1.807) is 55.5 Å². The first-order valence-electron chi connectivity index (χ1n) is 9.54. The Morgan fingerprint density at radius 3 is 2.03 bits per heavy atom. The summed E-state index contributed by atoms with van der Waals surface area (Å²) in [6, 6.07) is 21.1. The largest absolute Gasteiger partial charge is 0.289 e. The molecule has 5 rings (SSSR count). The summed E-state index contributed by atoms with van der Waals surface area (Å²) >= 11 is 0. The van der Waals surface area contributed by atoms with Gasteiger partial charge in [-0.05, 0) is 42.8 Å². The summed E-state index contributed by atoms with van der Waals surface area (Å²) < 4.78 is 0. The molecule has 1 aliphatic heterocycles. The maximum atomic E-state index is 12.9. The lowest BCUT2D eigenvalue weighted by Gasteiger charge is -2.17. The van der Waals surface area contributed by atoms with Gasteiger partial charge in [0.15, 0.2) is 11.6 Å². The zero-order chi connectivity index (χ0) is 20.8. The van der Waals surface area contributed by atoms with E-state index in [2.05, 4.69) is 5.10 Å². The van der Waals surface area contributed by atoms with Crippen LogP contribution in [0.15, 0.2) is 83.5 Å². The Kier molecular flexibility index (Phi) is 4.03. The van der Waals surface area contributed by atoms with Crippen molar-refractivity contribution in [2.24, 2.45) is 5.10 Å². The zero-order valence-electron chi connectivity index (χ0n) is 16.1. The van der Waals surface area contributed by atoms with Crippen LogP contribution in [0.2, 0.25) is 0 Å². The van der Waals surface area contributed by atoms with Crippen molar-refractivity contribution in [2.45, 2.75) is 6.92 Å². The monoisotopic (exact) mass is 392 g/mol. The molecule has 0 unspecified atom stereocenters. The smallest absolute Gasteiger partial charge is 0.280 e. The van der Waals surface area contributed by atoms with Gasteiger partial charge >= 0.3 is 0 Å². The van der Waals surface area contributed by atoms with E-state index in [-0.39, 0.29) is 17.5 Å². The van der Waals surface area contributed by atoms with Gasteiger partial charge in [-0.2, -0.15) is 10.1 Å². The molecule has 0 atom stereocenters. The zero-order valence-corrected chi connectivity index (χ0v) is 16.1. The number of ketones is 2. The van der Waals surface area contributed by atoms with Crippen molar-refractivity contribution >= 4 is 34.9 Å². The maximum Gasteiger partial charge on any atom is 0.280 e. The van der Waals surface area contributed by atoms with Crippen LogP contribution in [-0.4, -0.2) is 23.2 Å². The van der Waals surface area contributed by atoms with E-state index in [4.69, 9.17) is 0 Å². The molecule has 1 amide bonds. The van der Waals surface area contributed by atoms with E-state index in [9.17, 15) is 14.4 Å². The van der Waals surface area contributed by atoms with Crippen molar-refractivity contribution in [3.63, 3.8) is 0 Å². The number of rotatable bonds is 2. The predicted molar refractivity (Wildman–Crippen MR) is 115 cm³/mol. The third kappa shape index (κ3) is 2.71. The van der Waals surface area contributed by atoms with Crippen LogP contribution >= 0.6 is 0 Å². The molecule has 5 nitrogen and oxygen atoms in total. The average molecular weight is 392 g/mol. The van der Waals surface area contributed by atoms with Crippen LogP contribution in [0, 0.1) is 0 Å². The van der Waals surface area contributed by atoms with Gasteiger partial charge in [0.25, 0.3) is 5.91 Å². The molecule has 5 heteroatoms. The lowest BCUT2D eigenvalue weighted by atomic mass is 9.83. The molecular formula is C25H16N2O3. The predicted octanol–water partition coefficient (Wildman–Crippen LogP) is 4.27. The van der Waals surface area contributed by atoms with Crippen LogP contribution in [0.3, 0.4) is 0 Å². The fraction of sp³-hybridized carbons (Fsp3) is 0.0400. The minimum Gasteiger partial charge on any atom is -0.289 e. The van der Waals surface area contributed by atoms with Crippen LogP contribution in [0.1, 0.15) is 44.3 Å². The number of para-hydroxylation sites is 1. The molecule has 3 aromatic rings. The summed E-state index contributed by atoms with van der Waals surface area (Å²) in [7, 11) is 0. The van der Waals surface area contributed by atoms with Gasteiger partial charge in [-0.3, -0.25) is 14.4 Å². The van der Waals surface area contributed by atoms with E-state index >= 15 is 0 Å². The average Bonchev–Trinajstić information content (AvgIpc) is 3.06. The highest BCUT2D eigenvalue weighted by Gasteiger charge is 2.31. The molecule has 1 aliphatic carbocycles. The number of nitrogens with zero attached hydrogens (tertiary/aromatic N) is 2. The van der Waals surface area contributed by atoms with Gasteiger partial charge in [-0.1, -0.05) is 48.5 Å². The first-order valence-corrected chi connectivity index (χ1v) is 9.54. The molecule has 2 aliphatic rings. The summed E-state index contributed by atoms with van der Waals surface area (Å²) in [6.45, 7) is 1.77. The molecule has 1 heterocycles. The van der Waals surface area contributed by atoms with E-state index in [1.807, 2.05) is 30.3 Å². The lowest BCUT2D eigenvalue weighted by Crippen LogP contribution is -2.21. The lowest BCUT2D eigenvalue weighted by molar-refractivity contribution is -0.114. The standard InChI is InChI=1S/C25H16N2O3/c1-15-21(25(30)27(26-15)17-7-3-2-4-8-17)13-16-11-12-20-22(14-16)24(29)19-10-6-5-9-18(19)23(20)28/h2-14H,1H3. The Labute approximate surface area is 173 Å². The van der Waals surface area contributed by atoms with Gasteiger partial charge < -0.3 is 0 Å². The van der Waals surface area contributed by atoms with Crippen LogP contribution in [0.4, 0.5) is 5.69 Å². The van der Waals surface area contributed by atoms with Gasteiger partial charge in [-0.25, -0.2) is 0 Å². The van der Waals surface area contributed by atoms with Gasteiger partial charge in [0.2, 0.25) is 0 Å². The van der Waals surface area contributed by atoms with Crippen LogP contribution in [-0.2, 0) is 4.79 Å². The van der Waals surface area contributed by atoms with Gasteiger partial charge in [0.1, 0.15) is 0 Å². The van der Waals surface area contributed by atoms with Crippen LogP contribution in [0.25, 0.3) is 6.08 Å². The maximum absolute atomic E-state index is 12.9. The third-order valence-electron chi connectivity index (χ3n) is 5.32. The van der Waals surface area contributed by atoms with Crippen molar-refractivity contribution in [2.75, 3.05) is 5.01 Å². The summed E-state index contributed by atoms with van der Waals surface area (Å²) in [5, 5.41) is 5.74. The summed E-state index contributed by atoms with van der Waals surface area (Å²) in [5.74, 6) is -0.581. The van der Waals surface area contributed by atoms with Gasteiger partial charge in [0, 0.05) is 22.3 Å². The number of anilines is 1.